The van der Waals surface area contributed by atoms with Gasteiger partial charge in [-0.05, 0) is 19.1 Å². The molecular formula is C10H16N2O2. The lowest BCUT2D eigenvalue weighted by molar-refractivity contribution is -0.385. The van der Waals surface area contributed by atoms with Crippen LogP contribution in [0.3, 0.4) is 0 Å². The normalized spacial score (nSPS) is 8.57. The van der Waals surface area contributed by atoms with Crippen molar-refractivity contribution in [2.24, 2.45) is 0 Å². The van der Waals surface area contributed by atoms with Crippen LogP contribution in [0.5, 0.6) is 0 Å². The van der Waals surface area contributed by atoms with Crippen LogP contribution in [0.15, 0.2) is 18.2 Å². The number of aryl methyl sites for hydroxylation is 1. The molecule has 0 radical (unpaired) electrons. The van der Waals surface area contributed by atoms with E-state index in [1.54, 1.807) is 26.1 Å². The lowest BCUT2D eigenvalue weighted by Gasteiger charge is -2.01. The number of rotatable bonds is 2. The predicted octanol–water partition coefficient (Wildman–Crippen LogP) is 2.97. The molecule has 0 aliphatic carbocycles. The molecule has 1 aromatic rings. The molecule has 0 unspecified atom stereocenters. The first kappa shape index (κ1) is 12.4. The van der Waals surface area contributed by atoms with Crippen molar-refractivity contribution >= 4 is 11.4 Å². The molecule has 0 atom stereocenters. The third-order valence-corrected chi connectivity index (χ3v) is 1.68. The Balaban J connectivity index is 0.000000791. The fourth-order valence-corrected chi connectivity index (χ4v) is 1.02. The summed E-state index contributed by atoms with van der Waals surface area (Å²) in [5, 5.41) is 13.3. The Hall–Kier alpha value is -1.58. The Morgan fingerprint density at radius 1 is 1.36 bits per heavy atom. The highest BCUT2D eigenvalue weighted by Crippen LogP contribution is 2.20. The Labute approximate surface area is 84.1 Å². The molecule has 0 aliphatic rings. The number of nitro benzene ring substituents is 1. The smallest absolute Gasteiger partial charge is 0.272 e. The highest BCUT2D eigenvalue weighted by Gasteiger charge is 2.08. The van der Waals surface area contributed by atoms with Crippen LogP contribution in [0, 0.1) is 17.0 Å². The van der Waals surface area contributed by atoms with Gasteiger partial charge in [-0.3, -0.25) is 10.1 Å². The van der Waals surface area contributed by atoms with E-state index in [-0.39, 0.29) is 10.6 Å². The molecule has 0 aromatic heterocycles. The number of nitrogens with zero attached hydrogens (tertiary/aromatic N) is 1. The molecule has 0 bridgehead atoms. The molecule has 4 heteroatoms. The van der Waals surface area contributed by atoms with Gasteiger partial charge >= 0.3 is 0 Å². The van der Waals surface area contributed by atoms with Crippen molar-refractivity contribution in [3.05, 3.63) is 33.9 Å². The van der Waals surface area contributed by atoms with E-state index in [4.69, 9.17) is 0 Å². The number of nitrogens with one attached hydrogen (secondary N) is 1. The molecule has 1 rings (SSSR count). The lowest BCUT2D eigenvalue weighted by atomic mass is 10.2. The van der Waals surface area contributed by atoms with Crippen molar-refractivity contribution in [1.82, 2.24) is 0 Å². The molecule has 14 heavy (non-hydrogen) atoms. The fraction of sp³-hybridized carbons (Fsp3) is 0.400. The first-order valence-corrected chi connectivity index (χ1v) is 4.58. The highest BCUT2D eigenvalue weighted by atomic mass is 16.6. The van der Waals surface area contributed by atoms with Gasteiger partial charge in [0.15, 0.2) is 0 Å². The summed E-state index contributed by atoms with van der Waals surface area (Å²) in [5.74, 6) is 0. The summed E-state index contributed by atoms with van der Waals surface area (Å²) in [4.78, 5) is 10.0. The molecule has 0 spiro atoms. The summed E-state index contributed by atoms with van der Waals surface area (Å²) in [6, 6.07) is 4.93. The average Bonchev–Trinajstić information content (AvgIpc) is 2.20. The second-order valence-electron chi connectivity index (χ2n) is 2.51. The van der Waals surface area contributed by atoms with Crippen LogP contribution >= 0.6 is 0 Å². The van der Waals surface area contributed by atoms with Crippen molar-refractivity contribution in [2.45, 2.75) is 20.8 Å². The maximum Gasteiger partial charge on any atom is 0.272 e. The summed E-state index contributed by atoms with van der Waals surface area (Å²) in [6.45, 7) is 5.72. The summed E-state index contributed by atoms with van der Waals surface area (Å²) in [6.07, 6.45) is 0. The molecule has 1 N–H and O–H groups in total. The third-order valence-electron chi connectivity index (χ3n) is 1.68. The number of nitro groups is 1. The van der Waals surface area contributed by atoms with E-state index in [2.05, 4.69) is 5.32 Å². The standard InChI is InChI=1S/C8H10N2O2.C2H6/c1-6-5-7(9-2)3-4-8(6)10(11)12;1-2/h3-5,9H,1-2H3;1-2H3. The van der Waals surface area contributed by atoms with Gasteiger partial charge in [-0.2, -0.15) is 0 Å². The lowest BCUT2D eigenvalue weighted by Crippen LogP contribution is -1.93. The highest BCUT2D eigenvalue weighted by molar-refractivity contribution is 5.53. The molecular weight excluding hydrogens is 180 g/mol. The first-order chi connectivity index (χ1) is 6.65. The number of hydrogen-bond acceptors (Lipinski definition) is 3. The second-order valence-corrected chi connectivity index (χ2v) is 2.51. The summed E-state index contributed by atoms with van der Waals surface area (Å²) in [7, 11) is 1.78. The van der Waals surface area contributed by atoms with Crippen molar-refractivity contribution in [3.63, 3.8) is 0 Å². The summed E-state index contributed by atoms with van der Waals surface area (Å²) >= 11 is 0. The molecule has 0 saturated heterocycles. The zero-order valence-electron chi connectivity index (χ0n) is 9.00. The van der Waals surface area contributed by atoms with Crippen molar-refractivity contribution in [2.75, 3.05) is 12.4 Å². The van der Waals surface area contributed by atoms with Gasteiger partial charge in [-0.25, -0.2) is 0 Å². The molecule has 4 nitrogen and oxygen atoms in total. The van der Waals surface area contributed by atoms with Crippen LogP contribution in [-0.4, -0.2) is 12.0 Å². The van der Waals surface area contributed by atoms with Crippen LogP contribution in [0.25, 0.3) is 0 Å². The molecule has 0 heterocycles. The van der Waals surface area contributed by atoms with Crippen LogP contribution < -0.4 is 5.32 Å². The topological polar surface area (TPSA) is 55.2 Å². The monoisotopic (exact) mass is 196 g/mol. The van der Waals surface area contributed by atoms with Crippen LogP contribution in [0.4, 0.5) is 11.4 Å². The number of benzene rings is 1. The van der Waals surface area contributed by atoms with Gasteiger partial charge in [0.25, 0.3) is 5.69 Å². The SMILES string of the molecule is CC.CNc1ccc([N+](=O)[O-])c(C)c1. The van der Waals surface area contributed by atoms with E-state index in [0.29, 0.717) is 5.56 Å². The van der Waals surface area contributed by atoms with Crippen molar-refractivity contribution in [1.29, 1.82) is 0 Å². The molecule has 0 fully saturated rings. The first-order valence-electron chi connectivity index (χ1n) is 4.58. The van der Waals surface area contributed by atoms with Crippen LogP contribution in [0.2, 0.25) is 0 Å². The molecule has 78 valence electrons. The Morgan fingerprint density at radius 2 is 1.93 bits per heavy atom. The van der Waals surface area contributed by atoms with Crippen molar-refractivity contribution in [3.8, 4) is 0 Å². The van der Waals surface area contributed by atoms with Gasteiger partial charge < -0.3 is 5.32 Å². The van der Waals surface area contributed by atoms with Gasteiger partial charge in [0, 0.05) is 24.4 Å². The zero-order valence-corrected chi connectivity index (χ0v) is 9.00. The van der Waals surface area contributed by atoms with Gasteiger partial charge in [-0.15, -0.1) is 0 Å². The number of anilines is 1. The molecule has 0 aliphatic heterocycles. The van der Waals surface area contributed by atoms with Crippen LogP contribution in [0.1, 0.15) is 19.4 Å². The van der Waals surface area contributed by atoms with E-state index in [9.17, 15) is 10.1 Å². The minimum atomic E-state index is -0.380. The maximum absolute atomic E-state index is 10.4. The quantitative estimate of drug-likeness (QED) is 0.584. The summed E-state index contributed by atoms with van der Waals surface area (Å²) < 4.78 is 0. The fourth-order valence-electron chi connectivity index (χ4n) is 1.02. The molecule has 0 saturated carbocycles. The van der Waals surface area contributed by atoms with E-state index in [1.165, 1.54) is 6.07 Å². The van der Waals surface area contributed by atoms with E-state index >= 15 is 0 Å². The van der Waals surface area contributed by atoms with E-state index < -0.39 is 0 Å². The molecule has 1 aromatic carbocycles. The van der Waals surface area contributed by atoms with Gasteiger partial charge in [0.2, 0.25) is 0 Å². The predicted molar refractivity (Wildman–Crippen MR) is 58.7 cm³/mol. The third kappa shape index (κ3) is 3.05. The minimum absolute atomic E-state index is 0.161. The Bertz CT molecular complexity index is 311. The van der Waals surface area contributed by atoms with Crippen LogP contribution in [-0.2, 0) is 0 Å². The molecule has 0 amide bonds. The number of hydrogen-bond donors (Lipinski definition) is 1. The Morgan fingerprint density at radius 3 is 2.29 bits per heavy atom. The van der Waals surface area contributed by atoms with Gasteiger partial charge in [0.05, 0.1) is 4.92 Å². The van der Waals surface area contributed by atoms with E-state index in [1.807, 2.05) is 13.8 Å². The summed E-state index contributed by atoms with van der Waals surface area (Å²) in [5.41, 5.74) is 1.72. The van der Waals surface area contributed by atoms with Gasteiger partial charge in [-0.1, -0.05) is 13.8 Å². The van der Waals surface area contributed by atoms with E-state index in [0.717, 1.165) is 5.69 Å². The van der Waals surface area contributed by atoms with Gasteiger partial charge in [0.1, 0.15) is 0 Å². The maximum atomic E-state index is 10.4. The zero-order chi connectivity index (χ0) is 11.1. The average molecular weight is 196 g/mol. The van der Waals surface area contributed by atoms with Crippen molar-refractivity contribution < 1.29 is 4.92 Å². The minimum Gasteiger partial charge on any atom is -0.388 e. The second kappa shape index (κ2) is 5.96. The Kier molecular flexibility index (Phi) is 5.29. The largest absolute Gasteiger partial charge is 0.388 e.